The second-order valence-corrected chi connectivity index (χ2v) is 2.65. The minimum Gasteiger partial charge on any atom is -0.388 e. The van der Waals surface area contributed by atoms with Crippen LogP contribution in [0.1, 0.15) is 11.1 Å². The van der Waals surface area contributed by atoms with Gasteiger partial charge in [-0.1, -0.05) is 0 Å². The normalized spacial score (nSPS) is 11.5. The molecule has 1 rings (SSSR count). The molecule has 0 saturated heterocycles. The Morgan fingerprint density at radius 3 is 2.31 bits per heavy atom. The van der Waals surface area contributed by atoms with Crippen molar-refractivity contribution in [3.05, 3.63) is 23.4 Å². The van der Waals surface area contributed by atoms with E-state index < -0.39 is 12.2 Å². The second kappa shape index (κ2) is 3.24. The number of hydrogen-bond donors (Lipinski definition) is 0. The van der Waals surface area contributed by atoms with Crippen LogP contribution in [0.2, 0.25) is 0 Å². The molecule has 0 radical (unpaired) electrons. The van der Waals surface area contributed by atoms with Gasteiger partial charge in [0.1, 0.15) is 0 Å². The molecular formula is C8H8F3NO. The minimum atomic E-state index is -4.67. The summed E-state index contributed by atoms with van der Waals surface area (Å²) in [5, 5.41) is 0. The van der Waals surface area contributed by atoms with Crippen LogP contribution in [0, 0.1) is 13.8 Å². The lowest BCUT2D eigenvalue weighted by Gasteiger charge is -2.08. The lowest BCUT2D eigenvalue weighted by molar-refractivity contribution is -0.276. The van der Waals surface area contributed by atoms with Gasteiger partial charge in [0.15, 0.2) is 0 Å². The van der Waals surface area contributed by atoms with Gasteiger partial charge in [-0.15, -0.1) is 13.2 Å². The molecule has 0 atom stereocenters. The molecule has 1 aromatic heterocycles. The molecule has 5 heteroatoms. The molecule has 0 aromatic carbocycles. The van der Waals surface area contributed by atoms with E-state index >= 15 is 0 Å². The van der Waals surface area contributed by atoms with Crippen LogP contribution in [0.25, 0.3) is 0 Å². The Kier molecular flexibility index (Phi) is 2.45. The number of halogens is 3. The van der Waals surface area contributed by atoms with Crippen molar-refractivity contribution in [2.24, 2.45) is 0 Å². The molecule has 0 N–H and O–H groups in total. The van der Waals surface area contributed by atoms with Crippen molar-refractivity contribution in [3.63, 3.8) is 0 Å². The van der Waals surface area contributed by atoms with Gasteiger partial charge in [-0.3, -0.25) is 0 Å². The van der Waals surface area contributed by atoms with E-state index in [1.54, 1.807) is 13.8 Å². The Labute approximate surface area is 73.4 Å². The first-order valence-electron chi connectivity index (χ1n) is 3.57. The van der Waals surface area contributed by atoms with Gasteiger partial charge in [-0.05, 0) is 25.0 Å². The Bertz CT molecular complexity index is 309. The zero-order valence-electron chi connectivity index (χ0n) is 7.14. The number of pyridine rings is 1. The third kappa shape index (κ3) is 2.93. The first-order valence-corrected chi connectivity index (χ1v) is 3.57. The molecule has 0 saturated carbocycles. The fourth-order valence-corrected chi connectivity index (χ4v) is 0.773. The second-order valence-electron chi connectivity index (χ2n) is 2.65. The SMILES string of the molecule is Cc1cnc(OC(F)(F)F)cc1C. The maximum absolute atomic E-state index is 11.7. The van der Waals surface area contributed by atoms with Gasteiger partial charge in [0, 0.05) is 12.3 Å². The summed E-state index contributed by atoms with van der Waals surface area (Å²) >= 11 is 0. The molecule has 0 spiro atoms. The van der Waals surface area contributed by atoms with Gasteiger partial charge in [0.2, 0.25) is 5.88 Å². The Morgan fingerprint density at radius 1 is 1.23 bits per heavy atom. The summed E-state index contributed by atoms with van der Waals surface area (Å²) < 4.78 is 38.8. The Morgan fingerprint density at radius 2 is 1.85 bits per heavy atom. The standard InChI is InChI=1S/C8H8F3NO/c1-5-3-7(12-4-6(5)2)13-8(9,10)11/h3-4H,1-2H3. The lowest BCUT2D eigenvalue weighted by Crippen LogP contribution is -2.18. The van der Waals surface area contributed by atoms with Crippen LogP contribution < -0.4 is 4.74 Å². The summed E-state index contributed by atoms with van der Waals surface area (Å²) in [5.74, 6) is -0.421. The van der Waals surface area contributed by atoms with E-state index in [2.05, 4.69) is 9.72 Å². The molecule has 0 fully saturated rings. The summed E-state index contributed by atoms with van der Waals surface area (Å²) in [6, 6.07) is 1.25. The van der Waals surface area contributed by atoms with Crippen LogP contribution in [0.15, 0.2) is 12.3 Å². The topological polar surface area (TPSA) is 22.1 Å². The van der Waals surface area contributed by atoms with E-state index in [0.29, 0.717) is 5.56 Å². The number of aryl methyl sites for hydroxylation is 2. The number of ether oxygens (including phenoxy) is 1. The molecule has 72 valence electrons. The monoisotopic (exact) mass is 191 g/mol. The van der Waals surface area contributed by atoms with Crippen LogP contribution in [0.3, 0.4) is 0 Å². The highest BCUT2D eigenvalue weighted by atomic mass is 19.4. The fourth-order valence-electron chi connectivity index (χ4n) is 0.773. The first-order chi connectivity index (χ1) is 5.88. The predicted octanol–water partition coefficient (Wildman–Crippen LogP) is 2.60. The quantitative estimate of drug-likeness (QED) is 0.680. The predicted molar refractivity (Wildman–Crippen MR) is 40.4 cm³/mol. The van der Waals surface area contributed by atoms with Crippen molar-refractivity contribution in [2.75, 3.05) is 0 Å². The molecule has 13 heavy (non-hydrogen) atoms. The van der Waals surface area contributed by atoms with Crippen LogP contribution in [-0.2, 0) is 0 Å². The van der Waals surface area contributed by atoms with Crippen LogP contribution in [-0.4, -0.2) is 11.3 Å². The van der Waals surface area contributed by atoms with Crippen molar-refractivity contribution >= 4 is 0 Å². The van der Waals surface area contributed by atoms with Crippen molar-refractivity contribution in [1.82, 2.24) is 4.98 Å². The van der Waals surface area contributed by atoms with E-state index in [1.165, 1.54) is 12.3 Å². The highest BCUT2D eigenvalue weighted by molar-refractivity contribution is 5.26. The van der Waals surface area contributed by atoms with Crippen molar-refractivity contribution in [1.29, 1.82) is 0 Å². The highest BCUT2D eigenvalue weighted by Crippen LogP contribution is 2.21. The zero-order chi connectivity index (χ0) is 10.1. The number of alkyl halides is 3. The minimum absolute atomic E-state index is 0.421. The average molecular weight is 191 g/mol. The van der Waals surface area contributed by atoms with Crippen molar-refractivity contribution in [3.8, 4) is 5.88 Å². The number of nitrogens with zero attached hydrogens (tertiary/aromatic N) is 1. The highest BCUT2D eigenvalue weighted by Gasteiger charge is 2.31. The van der Waals surface area contributed by atoms with Gasteiger partial charge in [-0.2, -0.15) is 0 Å². The largest absolute Gasteiger partial charge is 0.574 e. The van der Waals surface area contributed by atoms with E-state index in [4.69, 9.17) is 0 Å². The Hall–Kier alpha value is -1.26. The first kappa shape index (κ1) is 9.83. The van der Waals surface area contributed by atoms with Gasteiger partial charge in [-0.25, -0.2) is 4.98 Å². The maximum Gasteiger partial charge on any atom is 0.574 e. The molecule has 1 heterocycles. The number of aromatic nitrogens is 1. The third-order valence-electron chi connectivity index (χ3n) is 1.57. The van der Waals surface area contributed by atoms with E-state index in [9.17, 15) is 13.2 Å². The van der Waals surface area contributed by atoms with Gasteiger partial charge in [0.25, 0.3) is 0 Å². The third-order valence-corrected chi connectivity index (χ3v) is 1.57. The average Bonchev–Trinajstić information content (AvgIpc) is 1.94. The molecule has 0 bridgehead atoms. The molecule has 0 aliphatic carbocycles. The van der Waals surface area contributed by atoms with Crippen LogP contribution in [0.5, 0.6) is 5.88 Å². The molecule has 0 aliphatic heterocycles. The fraction of sp³-hybridized carbons (Fsp3) is 0.375. The summed E-state index contributed by atoms with van der Waals surface area (Å²) in [6.45, 7) is 3.46. The molecule has 2 nitrogen and oxygen atoms in total. The maximum atomic E-state index is 11.7. The summed E-state index contributed by atoms with van der Waals surface area (Å²) in [4.78, 5) is 3.48. The molecule has 0 aliphatic rings. The van der Waals surface area contributed by atoms with Gasteiger partial charge >= 0.3 is 6.36 Å². The summed E-state index contributed by atoms with van der Waals surface area (Å²) in [7, 11) is 0. The van der Waals surface area contributed by atoms with E-state index in [0.717, 1.165) is 5.56 Å². The molecule has 1 aromatic rings. The number of rotatable bonds is 1. The lowest BCUT2D eigenvalue weighted by atomic mass is 10.2. The van der Waals surface area contributed by atoms with Crippen LogP contribution in [0.4, 0.5) is 13.2 Å². The molecular weight excluding hydrogens is 183 g/mol. The van der Waals surface area contributed by atoms with Gasteiger partial charge in [0.05, 0.1) is 0 Å². The summed E-state index contributed by atoms with van der Waals surface area (Å²) in [5.41, 5.74) is 1.55. The van der Waals surface area contributed by atoms with E-state index in [-0.39, 0.29) is 0 Å². The zero-order valence-corrected chi connectivity index (χ0v) is 7.14. The van der Waals surface area contributed by atoms with E-state index in [1.807, 2.05) is 0 Å². The molecule has 0 unspecified atom stereocenters. The molecule has 0 amide bonds. The van der Waals surface area contributed by atoms with Crippen molar-refractivity contribution in [2.45, 2.75) is 20.2 Å². The summed E-state index contributed by atoms with van der Waals surface area (Å²) in [6.07, 6.45) is -3.33. The Balaban J connectivity index is 2.86. The van der Waals surface area contributed by atoms with Crippen molar-refractivity contribution < 1.29 is 17.9 Å². The van der Waals surface area contributed by atoms with Gasteiger partial charge < -0.3 is 4.74 Å². The smallest absolute Gasteiger partial charge is 0.388 e. The number of hydrogen-bond acceptors (Lipinski definition) is 2. The van der Waals surface area contributed by atoms with Crippen LogP contribution >= 0.6 is 0 Å².